The molecule has 3 nitrogen and oxygen atoms in total. The molecular formula is C14H10ClNO2. The number of carbonyl (C=O) groups is 2. The number of carbonyl (C=O) groups excluding carboxylic acids is 2. The highest BCUT2D eigenvalue weighted by Crippen LogP contribution is 2.13. The van der Waals surface area contributed by atoms with E-state index in [2.05, 4.69) is 5.32 Å². The maximum Gasteiger partial charge on any atom is 0.296 e. The maximum absolute atomic E-state index is 11.8. The van der Waals surface area contributed by atoms with Gasteiger partial charge in [-0.25, -0.2) is 0 Å². The third-order valence-corrected chi connectivity index (χ3v) is 2.60. The first-order valence-corrected chi connectivity index (χ1v) is 5.71. The SMILES string of the molecule is O=C(Nc1ccc(Cl)cc1)C(=O)c1ccccc1. The van der Waals surface area contributed by atoms with Gasteiger partial charge >= 0.3 is 0 Å². The molecule has 0 aromatic heterocycles. The zero-order valence-electron chi connectivity index (χ0n) is 9.39. The fourth-order valence-corrected chi connectivity index (χ4v) is 1.57. The quantitative estimate of drug-likeness (QED) is 0.680. The molecule has 0 unspecified atom stereocenters. The normalized spacial score (nSPS) is 9.83. The predicted molar refractivity (Wildman–Crippen MR) is 70.9 cm³/mol. The van der Waals surface area contributed by atoms with Gasteiger partial charge in [0.2, 0.25) is 0 Å². The van der Waals surface area contributed by atoms with Crippen LogP contribution in [0.1, 0.15) is 10.4 Å². The summed E-state index contributed by atoms with van der Waals surface area (Å²) in [6, 6.07) is 15.0. The molecule has 0 atom stereocenters. The third kappa shape index (κ3) is 2.96. The molecule has 0 fully saturated rings. The molecule has 0 saturated carbocycles. The lowest BCUT2D eigenvalue weighted by Crippen LogP contribution is -2.22. The van der Waals surface area contributed by atoms with E-state index in [4.69, 9.17) is 11.6 Å². The average Bonchev–Trinajstić information content (AvgIpc) is 2.41. The number of ketones is 1. The van der Waals surface area contributed by atoms with Gasteiger partial charge in [0.25, 0.3) is 11.7 Å². The highest BCUT2D eigenvalue weighted by atomic mass is 35.5. The molecule has 1 N–H and O–H groups in total. The van der Waals surface area contributed by atoms with Gasteiger partial charge in [-0.1, -0.05) is 41.9 Å². The van der Waals surface area contributed by atoms with Crippen LogP contribution in [0.3, 0.4) is 0 Å². The fraction of sp³-hybridized carbons (Fsp3) is 0. The zero-order valence-corrected chi connectivity index (χ0v) is 10.1. The van der Waals surface area contributed by atoms with Crippen molar-refractivity contribution in [3.63, 3.8) is 0 Å². The van der Waals surface area contributed by atoms with Crippen molar-refractivity contribution in [2.24, 2.45) is 0 Å². The highest BCUT2D eigenvalue weighted by molar-refractivity contribution is 6.46. The van der Waals surface area contributed by atoms with Crippen molar-refractivity contribution in [2.75, 3.05) is 5.32 Å². The lowest BCUT2D eigenvalue weighted by atomic mass is 10.1. The predicted octanol–water partition coefficient (Wildman–Crippen LogP) is 3.16. The van der Waals surface area contributed by atoms with Crippen LogP contribution in [0.4, 0.5) is 5.69 Å². The molecule has 0 aliphatic rings. The summed E-state index contributed by atoms with van der Waals surface area (Å²) < 4.78 is 0. The van der Waals surface area contributed by atoms with Crippen LogP contribution in [0.15, 0.2) is 54.6 Å². The first-order chi connectivity index (χ1) is 8.66. The molecule has 0 aliphatic heterocycles. The molecule has 0 radical (unpaired) electrons. The Morgan fingerprint density at radius 1 is 0.889 bits per heavy atom. The number of halogens is 1. The van der Waals surface area contributed by atoms with E-state index < -0.39 is 11.7 Å². The van der Waals surface area contributed by atoms with Crippen LogP contribution >= 0.6 is 11.6 Å². The smallest absolute Gasteiger partial charge is 0.296 e. The van der Waals surface area contributed by atoms with Crippen LogP contribution in [0.2, 0.25) is 5.02 Å². The number of benzene rings is 2. The molecule has 18 heavy (non-hydrogen) atoms. The van der Waals surface area contributed by atoms with Crippen molar-refractivity contribution in [1.82, 2.24) is 0 Å². The molecule has 90 valence electrons. The molecule has 0 heterocycles. The lowest BCUT2D eigenvalue weighted by Gasteiger charge is -2.04. The second kappa shape index (κ2) is 5.47. The van der Waals surface area contributed by atoms with E-state index in [-0.39, 0.29) is 0 Å². The third-order valence-electron chi connectivity index (χ3n) is 2.34. The van der Waals surface area contributed by atoms with Crippen molar-refractivity contribution in [3.05, 3.63) is 65.2 Å². The maximum atomic E-state index is 11.8. The van der Waals surface area contributed by atoms with E-state index in [1.807, 2.05) is 0 Å². The van der Waals surface area contributed by atoms with Crippen LogP contribution < -0.4 is 5.32 Å². The summed E-state index contributed by atoms with van der Waals surface area (Å²) in [5.74, 6) is -1.23. The van der Waals surface area contributed by atoms with Gasteiger partial charge in [-0.2, -0.15) is 0 Å². The summed E-state index contributed by atoms with van der Waals surface area (Å²) in [4.78, 5) is 23.5. The van der Waals surface area contributed by atoms with Gasteiger partial charge in [0.05, 0.1) is 0 Å². The minimum atomic E-state index is -0.663. The van der Waals surface area contributed by atoms with Gasteiger partial charge in [0.1, 0.15) is 0 Å². The molecule has 0 spiro atoms. The van der Waals surface area contributed by atoms with Gasteiger partial charge in [-0.3, -0.25) is 9.59 Å². The Morgan fingerprint density at radius 3 is 2.11 bits per heavy atom. The topological polar surface area (TPSA) is 46.2 Å². The van der Waals surface area contributed by atoms with Crippen molar-refractivity contribution in [2.45, 2.75) is 0 Å². The van der Waals surface area contributed by atoms with Crippen LogP contribution in [-0.4, -0.2) is 11.7 Å². The summed E-state index contributed by atoms with van der Waals surface area (Å²) in [5.41, 5.74) is 0.901. The van der Waals surface area contributed by atoms with Gasteiger partial charge in [0.15, 0.2) is 0 Å². The number of hydrogen-bond acceptors (Lipinski definition) is 2. The number of anilines is 1. The highest BCUT2D eigenvalue weighted by Gasteiger charge is 2.15. The largest absolute Gasteiger partial charge is 0.319 e. The minimum absolute atomic E-state index is 0.365. The van der Waals surface area contributed by atoms with E-state index in [0.29, 0.717) is 16.3 Å². The van der Waals surface area contributed by atoms with E-state index in [0.717, 1.165) is 0 Å². The van der Waals surface area contributed by atoms with Crippen molar-refractivity contribution in [3.8, 4) is 0 Å². The van der Waals surface area contributed by atoms with E-state index in [9.17, 15) is 9.59 Å². The number of nitrogens with one attached hydrogen (secondary N) is 1. The lowest BCUT2D eigenvalue weighted by molar-refractivity contribution is -0.112. The average molecular weight is 260 g/mol. The molecule has 1 amide bonds. The molecule has 0 saturated heterocycles. The second-order valence-electron chi connectivity index (χ2n) is 3.66. The molecule has 0 bridgehead atoms. The monoisotopic (exact) mass is 259 g/mol. The minimum Gasteiger partial charge on any atom is -0.319 e. The first kappa shape index (κ1) is 12.3. The molecule has 0 aliphatic carbocycles. The molecular weight excluding hydrogens is 250 g/mol. The standard InChI is InChI=1S/C14H10ClNO2/c15-11-6-8-12(9-7-11)16-14(18)13(17)10-4-2-1-3-5-10/h1-9H,(H,16,18). The van der Waals surface area contributed by atoms with Crippen LogP contribution in [0.5, 0.6) is 0 Å². The van der Waals surface area contributed by atoms with E-state index in [1.54, 1.807) is 54.6 Å². The van der Waals surface area contributed by atoms with Gasteiger partial charge in [0, 0.05) is 16.3 Å². The number of Topliss-reactive ketones (excluding diaryl/α,β-unsaturated/α-hetero) is 1. The molecule has 4 heteroatoms. The summed E-state index contributed by atoms with van der Waals surface area (Å²) in [6.45, 7) is 0. The summed E-state index contributed by atoms with van der Waals surface area (Å²) >= 11 is 5.73. The Kier molecular flexibility index (Phi) is 3.75. The van der Waals surface area contributed by atoms with Crippen molar-refractivity contribution < 1.29 is 9.59 Å². The zero-order chi connectivity index (χ0) is 13.0. The number of amides is 1. The second-order valence-corrected chi connectivity index (χ2v) is 4.09. The summed E-state index contributed by atoms with van der Waals surface area (Å²) in [5, 5.41) is 3.09. The Morgan fingerprint density at radius 2 is 1.50 bits per heavy atom. The molecule has 2 aromatic carbocycles. The molecule has 2 rings (SSSR count). The van der Waals surface area contributed by atoms with E-state index in [1.165, 1.54) is 0 Å². The number of hydrogen-bond donors (Lipinski definition) is 1. The first-order valence-electron chi connectivity index (χ1n) is 5.33. The Hall–Kier alpha value is -2.13. The Bertz CT molecular complexity index is 564. The fourth-order valence-electron chi connectivity index (χ4n) is 1.44. The van der Waals surface area contributed by atoms with Crippen molar-refractivity contribution in [1.29, 1.82) is 0 Å². The van der Waals surface area contributed by atoms with Gasteiger partial charge in [-0.15, -0.1) is 0 Å². The summed E-state index contributed by atoms with van der Waals surface area (Å²) in [6.07, 6.45) is 0. The van der Waals surface area contributed by atoms with Gasteiger partial charge < -0.3 is 5.32 Å². The summed E-state index contributed by atoms with van der Waals surface area (Å²) in [7, 11) is 0. The Labute approximate surface area is 109 Å². The number of rotatable bonds is 3. The van der Waals surface area contributed by atoms with Crippen LogP contribution in [0, 0.1) is 0 Å². The van der Waals surface area contributed by atoms with Crippen LogP contribution in [0.25, 0.3) is 0 Å². The Balaban J connectivity index is 2.09. The van der Waals surface area contributed by atoms with Crippen LogP contribution in [-0.2, 0) is 4.79 Å². The van der Waals surface area contributed by atoms with Crippen molar-refractivity contribution >= 4 is 29.0 Å². The van der Waals surface area contributed by atoms with E-state index >= 15 is 0 Å². The van der Waals surface area contributed by atoms with Gasteiger partial charge in [-0.05, 0) is 24.3 Å². The molecule has 2 aromatic rings.